The molecule has 0 N–H and O–H groups in total. The van der Waals surface area contributed by atoms with E-state index in [1.54, 1.807) is 13.0 Å². The van der Waals surface area contributed by atoms with Gasteiger partial charge in [-0.3, -0.25) is 9.47 Å². The lowest BCUT2D eigenvalue weighted by Gasteiger charge is -2.32. The molecule has 0 atom stereocenters. The van der Waals surface area contributed by atoms with Crippen LogP contribution in [0.15, 0.2) is 30.3 Å². The minimum atomic E-state index is -0.410. The molecule has 7 nitrogen and oxygen atoms in total. The topological polar surface area (TPSA) is 73.9 Å². The maximum atomic E-state index is 13.7. The summed E-state index contributed by atoms with van der Waals surface area (Å²) in [5.41, 5.74) is 2.16. The fourth-order valence-electron chi connectivity index (χ4n) is 5.28. The van der Waals surface area contributed by atoms with Crippen LogP contribution in [0.3, 0.4) is 0 Å². The Morgan fingerprint density at radius 1 is 1.12 bits per heavy atom. The van der Waals surface area contributed by atoms with E-state index in [0.717, 1.165) is 67.5 Å². The van der Waals surface area contributed by atoms with Gasteiger partial charge in [0, 0.05) is 30.6 Å². The molecule has 6 rings (SSSR count). The predicted octanol–water partition coefficient (Wildman–Crippen LogP) is 4.52. The number of rotatable bonds is 3. The highest BCUT2D eigenvalue weighted by molar-refractivity contribution is 6.30. The van der Waals surface area contributed by atoms with Crippen LogP contribution < -0.4 is 4.90 Å². The Morgan fingerprint density at radius 3 is 2.62 bits per heavy atom. The summed E-state index contributed by atoms with van der Waals surface area (Å²) in [7, 11) is 0. The Bertz CT molecular complexity index is 1300. The van der Waals surface area contributed by atoms with E-state index in [1.165, 1.54) is 6.07 Å². The minimum Gasteiger partial charge on any atom is -0.357 e. The lowest BCUT2D eigenvalue weighted by Crippen LogP contribution is -2.35. The first-order valence-corrected chi connectivity index (χ1v) is 12.1. The van der Waals surface area contributed by atoms with Crippen LogP contribution in [0.5, 0.6) is 0 Å². The van der Waals surface area contributed by atoms with Gasteiger partial charge in [-0.25, -0.2) is 9.37 Å². The van der Waals surface area contributed by atoms with E-state index in [1.807, 2.05) is 18.2 Å². The number of anilines is 1. The molecule has 1 aromatic carbocycles. The van der Waals surface area contributed by atoms with Crippen molar-refractivity contribution in [3.63, 3.8) is 0 Å². The fourth-order valence-corrected chi connectivity index (χ4v) is 5.48. The van der Waals surface area contributed by atoms with Gasteiger partial charge >= 0.3 is 0 Å². The van der Waals surface area contributed by atoms with Crippen LogP contribution in [0.1, 0.15) is 54.5 Å². The smallest absolute Gasteiger partial charge is 0.151 e. The Hall–Kier alpha value is -3.02. The molecule has 0 radical (unpaired) electrons. The number of piperidine rings is 1. The van der Waals surface area contributed by atoms with Gasteiger partial charge in [-0.15, -0.1) is 10.2 Å². The van der Waals surface area contributed by atoms with Crippen LogP contribution in [0.25, 0.3) is 5.69 Å². The van der Waals surface area contributed by atoms with Gasteiger partial charge in [-0.05, 0) is 68.5 Å². The maximum Gasteiger partial charge on any atom is 0.151 e. The van der Waals surface area contributed by atoms with E-state index in [4.69, 9.17) is 11.6 Å². The van der Waals surface area contributed by atoms with Gasteiger partial charge in [0.05, 0.1) is 24.0 Å². The fraction of sp³-hybridized carbons (Fsp3) is 0.440. The van der Waals surface area contributed by atoms with Crippen LogP contribution >= 0.6 is 11.6 Å². The molecule has 9 heteroatoms. The molecule has 1 aliphatic carbocycles. The predicted molar refractivity (Wildman–Crippen MR) is 126 cm³/mol. The second kappa shape index (κ2) is 8.03. The van der Waals surface area contributed by atoms with E-state index in [0.29, 0.717) is 23.8 Å². The number of hydrogen-bond donors (Lipinski definition) is 0. The maximum absolute atomic E-state index is 13.7. The largest absolute Gasteiger partial charge is 0.357 e. The molecule has 174 valence electrons. The molecule has 2 aromatic heterocycles. The van der Waals surface area contributed by atoms with Crippen molar-refractivity contribution in [1.29, 1.82) is 5.26 Å². The molecular formula is C25H25ClFN7. The summed E-state index contributed by atoms with van der Waals surface area (Å²) in [5, 5.41) is 19.8. The van der Waals surface area contributed by atoms with Crippen LogP contribution in [0.2, 0.25) is 5.02 Å². The molecule has 2 fully saturated rings. The van der Waals surface area contributed by atoms with Gasteiger partial charge in [-0.1, -0.05) is 11.6 Å². The normalized spacial score (nSPS) is 19.8. The standard InChI is InChI=1S/C25H25ClFN7/c1-16-20(27)3-5-22(29-16)32-10-6-17(7-11-32)24-31-30-23-14-33(25(15-28)8-9-25)13-18-12-19(26)2-4-21(18)34(23)24/h2-5,12,17H,6-11,13-14H2,1H3. The Kier molecular flexibility index (Phi) is 5.08. The van der Waals surface area contributed by atoms with E-state index in [2.05, 4.69) is 35.6 Å². The number of halogens is 2. The highest BCUT2D eigenvalue weighted by Crippen LogP contribution is 2.45. The minimum absolute atomic E-state index is 0.250. The van der Waals surface area contributed by atoms with E-state index < -0.39 is 5.54 Å². The molecule has 3 aromatic rings. The number of hydrogen-bond acceptors (Lipinski definition) is 6. The first kappa shape index (κ1) is 21.5. The Morgan fingerprint density at radius 2 is 1.91 bits per heavy atom. The van der Waals surface area contributed by atoms with Crippen molar-refractivity contribution in [2.24, 2.45) is 0 Å². The summed E-state index contributed by atoms with van der Waals surface area (Å²) >= 11 is 6.37. The van der Waals surface area contributed by atoms with E-state index >= 15 is 0 Å². The second-order valence-electron chi connectivity index (χ2n) is 9.58. The lowest BCUT2D eigenvalue weighted by atomic mass is 9.95. The number of benzene rings is 1. The first-order chi connectivity index (χ1) is 16.5. The summed E-state index contributed by atoms with van der Waals surface area (Å²) in [6.45, 7) is 4.59. The molecule has 1 saturated carbocycles. The van der Waals surface area contributed by atoms with Gasteiger partial charge in [0.2, 0.25) is 0 Å². The summed E-state index contributed by atoms with van der Waals surface area (Å²) in [5.74, 6) is 2.63. The Labute approximate surface area is 202 Å². The van der Waals surface area contributed by atoms with Crippen LogP contribution in [-0.2, 0) is 13.1 Å². The number of nitriles is 1. The average Bonchev–Trinajstić information content (AvgIpc) is 3.57. The van der Waals surface area contributed by atoms with Crippen molar-refractivity contribution in [3.05, 3.63) is 64.1 Å². The first-order valence-electron chi connectivity index (χ1n) is 11.7. The van der Waals surface area contributed by atoms with Gasteiger partial charge in [0.25, 0.3) is 0 Å². The molecule has 34 heavy (non-hydrogen) atoms. The summed E-state index contributed by atoms with van der Waals surface area (Å²) in [4.78, 5) is 8.86. The quantitative estimate of drug-likeness (QED) is 0.552. The summed E-state index contributed by atoms with van der Waals surface area (Å²) in [6, 6.07) is 11.7. The SMILES string of the molecule is Cc1nc(N2CCC(c3nnc4n3-c3ccc(Cl)cc3CN(C3(C#N)CC3)C4)CC2)ccc1F. The van der Waals surface area contributed by atoms with Crippen molar-refractivity contribution in [3.8, 4) is 11.8 Å². The van der Waals surface area contributed by atoms with Gasteiger partial charge < -0.3 is 4.90 Å². The third-order valence-electron chi connectivity index (χ3n) is 7.46. The van der Waals surface area contributed by atoms with Crippen molar-refractivity contribution in [2.45, 2.75) is 57.2 Å². The molecular weight excluding hydrogens is 453 g/mol. The zero-order valence-corrected chi connectivity index (χ0v) is 19.8. The van der Waals surface area contributed by atoms with Crippen LogP contribution in [0.4, 0.5) is 10.2 Å². The molecule has 0 unspecified atom stereocenters. The lowest BCUT2D eigenvalue weighted by molar-refractivity contribution is 0.197. The number of fused-ring (bicyclic) bond motifs is 3. The van der Waals surface area contributed by atoms with E-state index in [9.17, 15) is 9.65 Å². The Balaban J connectivity index is 1.31. The van der Waals surface area contributed by atoms with Gasteiger partial charge in [0.1, 0.15) is 23.0 Å². The molecule has 3 aliphatic rings. The highest BCUT2D eigenvalue weighted by atomic mass is 35.5. The number of aromatic nitrogens is 4. The molecule has 0 bridgehead atoms. The summed E-state index contributed by atoms with van der Waals surface area (Å²) in [6.07, 6.45) is 3.58. The second-order valence-corrected chi connectivity index (χ2v) is 10.0. The third-order valence-corrected chi connectivity index (χ3v) is 7.69. The molecule has 0 amide bonds. The number of aryl methyl sites for hydroxylation is 1. The molecule has 1 saturated heterocycles. The molecule has 0 spiro atoms. The van der Waals surface area contributed by atoms with Gasteiger partial charge in [0.15, 0.2) is 5.82 Å². The molecule has 4 heterocycles. The summed E-state index contributed by atoms with van der Waals surface area (Å²) < 4.78 is 15.8. The van der Waals surface area contributed by atoms with Crippen molar-refractivity contribution in [2.75, 3.05) is 18.0 Å². The third kappa shape index (κ3) is 3.55. The van der Waals surface area contributed by atoms with Crippen LogP contribution in [-0.4, -0.2) is 43.3 Å². The van der Waals surface area contributed by atoms with Crippen molar-refractivity contribution >= 4 is 17.4 Å². The van der Waals surface area contributed by atoms with E-state index in [-0.39, 0.29) is 11.7 Å². The van der Waals surface area contributed by atoms with Crippen molar-refractivity contribution in [1.82, 2.24) is 24.6 Å². The van der Waals surface area contributed by atoms with Gasteiger partial charge in [-0.2, -0.15) is 5.26 Å². The monoisotopic (exact) mass is 477 g/mol. The molecule has 2 aliphatic heterocycles. The van der Waals surface area contributed by atoms with Crippen LogP contribution in [0, 0.1) is 24.1 Å². The number of pyridine rings is 1. The zero-order chi connectivity index (χ0) is 23.4. The average molecular weight is 478 g/mol. The highest BCUT2D eigenvalue weighted by Gasteiger charge is 2.50. The zero-order valence-electron chi connectivity index (χ0n) is 19.0. The number of nitrogens with zero attached hydrogens (tertiary/aromatic N) is 7. The van der Waals surface area contributed by atoms with Crippen molar-refractivity contribution < 1.29 is 4.39 Å².